The van der Waals surface area contributed by atoms with Crippen molar-refractivity contribution in [1.82, 2.24) is 24.1 Å². The van der Waals surface area contributed by atoms with Crippen LogP contribution in [0.5, 0.6) is 0 Å². The molecule has 0 fully saturated rings. The van der Waals surface area contributed by atoms with Crippen molar-refractivity contribution in [2.75, 3.05) is 0 Å². The minimum absolute atomic E-state index is 0.530. The van der Waals surface area contributed by atoms with Crippen LogP contribution in [0.15, 0.2) is 217 Å². The average Bonchev–Trinajstić information content (AvgIpc) is 4.02. The molecule has 4 aromatic heterocycles. The topological polar surface area (TPSA) is 61.7 Å². The van der Waals surface area contributed by atoms with Crippen molar-refractivity contribution in [3.63, 3.8) is 0 Å². The molecule has 6 heteroatoms. The molecule has 0 spiro atoms. The van der Waals surface area contributed by atoms with Crippen molar-refractivity contribution >= 4 is 65.6 Å². The number of para-hydroxylation sites is 3. The molecule has 0 saturated heterocycles. The Morgan fingerprint density at radius 2 is 0.794 bits per heavy atom. The van der Waals surface area contributed by atoms with Crippen LogP contribution >= 0.6 is 0 Å². The molecule has 0 atom stereocenters. The maximum absolute atomic E-state index is 6.60. The Labute approximate surface area is 361 Å². The van der Waals surface area contributed by atoms with Crippen LogP contribution in [-0.2, 0) is 0 Å². The van der Waals surface area contributed by atoms with E-state index in [0.29, 0.717) is 17.6 Å². The van der Waals surface area contributed by atoms with Crippen LogP contribution in [-0.4, -0.2) is 24.1 Å². The zero-order valence-corrected chi connectivity index (χ0v) is 33.9. The lowest BCUT2D eigenvalue weighted by atomic mass is 10.0. The van der Waals surface area contributed by atoms with Gasteiger partial charge < -0.3 is 8.98 Å². The summed E-state index contributed by atoms with van der Waals surface area (Å²) in [5.41, 5.74) is 13.2. The number of aromatic nitrogens is 5. The van der Waals surface area contributed by atoms with Gasteiger partial charge in [0.05, 0.1) is 27.8 Å². The van der Waals surface area contributed by atoms with Gasteiger partial charge >= 0.3 is 0 Å². The Bertz CT molecular complexity index is 3900. The fraction of sp³-hybridized carbons (Fsp3) is 0. The third-order valence-corrected chi connectivity index (χ3v) is 12.4. The summed E-state index contributed by atoms with van der Waals surface area (Å²) in [4.78, 5) is 15.9. The van der Waals surface area contributed by atoms with Crippen LogP contribution in [0.4, 0.5) is 0 Å². The molecule has 63 heavy (non-hydrogen) atoms. The lowest BCUT2D eigenvalue weighted by Gasteiger charge is -2.16. The number of rotatable bonds is 6. The minimum atomic E-state index is 0.530. The molecule has 294 valence electrons. The monoisotopic (exact) mass is 805 g/mol. The first-order valence-corrected chi connectivity index (χ1v) is 21.2. The van der Waals surface area contributed by atoms with Crippen LogP contribution in [0.3, 0.4) is 0 Å². The second-order valence-corrected chi connectivity index (χ2v) is 16.0. The summed E-state index contributed by atoms with van der Waals surface area (Å²) in [6.07, 6.45) is 0. The van der Waals surface area contributed by atoms with E-state index in [0.717, 1.165) is 99.2 Å². The van der Waals surface area contributed by atoms with E-state index in [1.807, 2.05) is 24.3 Å². The van der Waals surface area contributed by atoms with E-state index >= 15 is 0 Å². The molecule has 0 N–H and O–H groups in total. The summed E-state index contributed by atoms with van der Waals surface area (Å²) in [6.45, 7) is 0. The van der Waals surface area contributed by atoms with Gasteiger partial charge in [-0.3, -0.25) is 4.57 Å². The molecule has 9 aromatic carbocycles. The number of benzene rings is 9. The molecule has 0 amide bonds. The van der Waals surface area contributed by atoms with Gasteiger partial charge in [-0.25, -0.2) is 4.98 Å². The maximum atomic E-state index is 6.60. The lowest BCUT2D eigenvalue weighted by Crippen LogP contribution is -2.07. The van der Waals surface area contributed by atoms with E-state index in [2.05, 4.69) is 197 Å². The van der Waals surface area contributed by atoms with Gasteiger partial charge in [-0.05, 0) is 59.2 Å². The second kappa shape index (κ2) is 14.0. The smallest absolute Gasteiger partial charge is 0.238 e. The van der Waals surface area contributed by atoms with Gasteiger partial charge in [-0.15, -0.1) is 0 Å². The van der Waals surface area contributed by atoms with E-state index in [1.54, 1.807) is 0 Å². The van der Waals surface area contributed by atoms with Crippen molar-refractivity contribution in [1.29, 1.82) is 0 Å². The molecule has 4 heterocycles. The highest BCUT2D eigenvalue weighted by Crippen LogP contribution is 2.43. The van der Waals surface area contributed by atoms with Crippen molar-refractivity contribution in [3.05, 3.63) is 212 Å². The fourth-order valence-corrected chi connectivity index (χ4v) is 9.53. The van der Waals surface area contributed by atoms with E-state index in [4.69, 9.17) is 19.4 Å². The standard InChI is InChI=1S/C57H35N5O/c1-4-16-36(17-5-1)39-28-30-44-45-31-29-40(35-52(45)63-51(44)34-39)56-58-55(38-20-8-3-9-21-38)59-57(60-56)62-50-27-15-12-24-43(50)47-33-32-46-42-23-11-14-26-49(42)61(53(46)54(47)62)48-25-13-10-22-41(48)37-18-6-2-7-19-37/h1-35H. The normalized spacial score (nSPS) is 11.8. The molecule has 6 nitrogen and oxygen atoms in total. The first-order chi connectivity index (χ1) is 31.2. The van der Waals surface area contributed by atoms with Crippen molar-refractivity contribution in [2.45, 2.75) is 0 Å². The molecule has 0 aliphatic heterocycles. The Kier molecular flexibility index (Phi) is 7.80. The van der Waals surface area contributed by atoms with Gasteiger partial charge in [0.25, 0.3) is 0 Å². The molecule has 0 saturated carbocycles. The zero-order valence-electron chi connectivity index (χ0n) is 33.9. The highest BCUT2D eigenvalue weighted by molar-refractivity contribution is 6.24. The van der Waals surface area contributed by atoms with E-state index in [9.17, 15) is 0 Å². The highest BCUT2D eigenvalue weighted by atomic mass is 16.3. The van der Waals surface area contributed by atoms with Gasteiger partial charge in [-0.2, -0.15) is 9.97 Å². The van der Waals surface area contributed by atoms with Gasteiger partial charge in [0.1, 0.15) is 11.2 Å². The largest absolute Gasteiger partial charge is 0.456 e. The maximum Gasteiger partial charge on any atom is 0.238 e. The number of hydrogen-bond acceptors (Lipinski definition) is 4. The molecule has 0 aliphatic carbocycles. The Hall–Kier alpha value is -8.61. The van der Waals surface area contributed by atoms with Crippen LogP contribution in [0.1, 0.15) is 0 Å². The highest BCUT2D eigenvalue weighted by Gasteiger charge is 2.24. The quantitative estimate of drug-likeness (QED) is 0.168. The van der Waals surface area contributed by atoms with Gasteiger partial charge in [0.15, 0.2) is 11.6 Å². The molecular weight excluding hydrogens is 771 g/mol. The van der Waals surface area contributed by atoms with E-state index < -0.39 is 0 Å². The summed E-state index contributed by atoms with van der Waals surface area (Å²) >= 11 is 0. The second-order valence-electron chi connectivity index (χ2n) is 16.0. The molecule has 0 radical (unpaired) electrons. The summed E-state index contributed by atoms with van der Waals surface area (Å²) in [5.74, 6) is 1.67. The summed E-state index contributed by atoms with van der Waals surface area (Å²) in [7, 11) is 0. The Morgan fingerprint density at radius 3 is 1.46 bits per heavy atom. The van der Waals surface area contributed by atoms with Crippen LogP contribution in [0, 0.1) is 0 Å². The summed E-state index contributed by atoms with van der Waals surface area (Å²) in [6, 6.07) is 74.4. The first kappa shape index (κ1) is 35.2. The Balaban J connectivity index is 1.09. The number of fused-ring (bicyclic) bond motifs is 10. The molecule has 13 rings (SSSR count). The number of nitrogens with zero attached hydrogens (tertiary/aromatic N) is 5. The average molecular weight is 806 g/mol. The predicted octanol–water partition coefficient (Wildman–Crippen LogP) is 14.6. The first-order valence-electron chi connectivity index (χ1n) is 21.2. The molecule has 13 aromatic rings. The molecule has 0 aliphatic rings. The van der Waals surface area contributed by atoms with Crippen molar-refractivity contribution < 1.29 is 4.42 Å². The SMILES string of the molecule is c1ccc(-c2ccc3c(c2)oc2cc(-c4nc(-c5ccccc5)nc(-n5c6ccccc6c6ccc7c8ccccc8n(-c8ccccc8-c8ccccc8)c7c65)n4)ccc23)cc1. The zero-order chi connectivity index (χ0) is 41.4. The van der Waals surface area contributed by atoms with Crippen LogP contribution < -0.4 is 0 Å². The fourth-order valence-electron chi connectivity index (χ4n) is 9.53. The minimum Gasteiger partial charge on any atom is -0.456 e. The third kappa shape index (κ3) is 5.55. The van der Waals surface area contributed by atoms with Gasteiger partial charge in [-0.1, -0.05) is 170 Å². The number of hydrogen-bond donors (Lipinski definition) is 0. The van der Waals surface area contributed by atoms with Gasteiger partial charge in [0, 0.05) is 49.0 Å². The van der Waals surface area contributed by atoms with Crippen LogP contribution in [0.25, 0.3) is 122 Å². The number of furan rings is 1. The molecule has 0 unspecified atom stereocenters. The van der Waals surface area contributed by atoms with Gasteiger partial charge in [0.2, 0.25) is 5.95 Å². The van der Waals surface area contributed by atoms with Crippen molar-refractivity contribution in [2.24, 2.45) is 0 Å². The molecule has 0 bridgehead atoms. The predicted molar refractivity (Wildman–Crippen MR) is 258 cm³/mol. The van der Waals surface area contributed by atoms with Crippen molar-refractivity contribution in [3.8, 4) is 56.7 Å². The Morgan fingerprint density at radius 1 is 0.317 bits per heavy atom. The van der Waals surface area contributed by atoms with E-state index in [1.165, 1.54) is 5.39 Å². The lowest BCUT2D eigenvalue weighted by molar-refractivity contribution is 0.669. The molecular formula is C57H35N5O. The summed E-state index contributed by atoms with van der Waals surface area (Å²) < 4.78 is 11.3. The summed E-state index contributed by atoms with van der Waals surface area (Å²) in [5, 5.41) is 6.65. The van der Waals surface area contributed by atoms with Crippen LogP contribution in [0.2, 0.25) is 0 Å². The third-order valence-electron chi connectivity index (χ3n) is 12.4. The van der Waals surface area contributed by atoms with E-state index in [-0.39, 0.29) is 0 Å².